The Morgan fingerprint density at radius 2 is 2.15 bits per heavy atom. The van der Waals surface area contributed by atoms with Gasteiger partial charge in [0.1, 0.15) is 18.5 Å². The number of benzene rings is 1. The molecule has 20 heavy (non-hydrogen) atoms. The van der Waals surface area contributed by atoms with Crippen molar-refractivity contribution in [1.82, 2.24) is 4.90 Å². The fourth-order valence-corrected chi connectivity index (χ4v) is 2.28. The maximum Gasteiger partial charge on any atom is 0.254 e. The van der Waals surface area contributed by atoms with Gasteiger partial charge in [0.2, 0.25) is 0 Å². The van der Waals surface area contributed by atoms with E-state index in [2.05, 4.69) is 0 Å². The lowest BCUT2D eigenvalue weighted by molar-refractivity contribution is 0.0303. The largest absolute Gasteiger partial charge is 0.489 e. The first-order valence-electron chi connectivity index (χ1n) is 6.65. The van der Waals surface area contributed by atoms with Crippen molar-refractivity contribution in [3.8, 4) is 5.75 Å². The summed E-state index contributed by atoms with van der Waals surface area (Å²) in [6.45, 7) is 3.65. The molecule has 1 amide bonds. The molecule has 6 heteroatoms. The van der Waals surface area contributed by atoms with E-state index in [0.29, 0.717) is 49.2 Å². The van der Waals surface area contributed by atoms with Gasteiger partial charge in [0.25, 0.3) is 5.91 Å². The highest BCUT2D eigenvalue weighted by molar-refractivity contribution is 6.32. The Balaban J connectivity index is 1.66. The molecule has 1 unspecified atom stereocenters. The van der Waals surface area contributed by atoms with Crippen molar-refractivity contribution in [3.05, 3.63) is 28.8 Å². The second kappa shape index (κ2) is 5.99. The quantitative estimate of drug-likeness (QED) is 0.792. The molecule has 0 radical (unpaired) electrons. The van der Waals surface area contributed by atoms with E-state index in [4.69, 9.17) is 25.8 Å². The number of rotatable bonds is 4. The Morgan fingerprint density at radius 1 is 1.40 bits per heavy atom. The molecule has 2 heterocycles. The summed E-state index contributed by atoms with van der Waals surface area (Å²) in [5.74, 6) is 0.563. The molecule has 2 saturated heterocycles. The van der Waals surface area contributed by atoms with E-state index in [0.717, 1.165) is 6.61 Å². The number of hydrogen-bond donors (Lipinski definition) is 0. The Labute approximate surface area is 122 Å². The number of epoxide rings is 1. The number of hydrogen-bond acceptors (Lipinski definition) is 4. The van der Waals surface area contributed by atoms with Crippen molar-refractivity contribution in [2.45, 2.75) is 6.10 Å². The fraction of sp³-hybridized carbons (Fsp3) is 0.500. The van der Waals surface area contributed by atoms with Gasteiger partial charge in [-0.1, -0.05) is 11.6 Å². The topological polar surface area (TPSA) is 51.3 Å². The number of carbonyl (C=O) groups is 1. The van der Waals surface area contributed by atoms with Gasteiger partial charge < -0.3 is 19.1 Å². The molecule has 0 aliphatic carbocycles. The smallest absolute Gasteiger partial charge is 0.254 e. The molecular formula is C14H16ClNO4. The van der Waals surface area contributed by atoms with Gasteiger partial charge in [0, 0.05) is 18.7 Å². The number of ether oxygens (including phenoxy) is 3. The van der Waals surface area contributed by atoms with E-state index in [9.17, 15) is 4.79 Å². The summed E-state index contributed by atoms with van der Waals surface area (Å²) in [5.41, 5.74) is 0.576. The number of carbonyl (C=O) groups excluding carboxylic acids is 1. The van der Waals surface area contributed by atoms with Gasteiger partial charge >= 0.3 is 0 Å². The van der Waals surface area contributed by atoms with Crippen LogP contribution in [-0.4, -0.2) is 56.4 Å². The van der Waals surface area contributed by atoms with Crippen LogP contribution in [0.1, 0.15) is 10.4 Å². The summed E-state index contributed by atoms with van der Waals surface area (Å²) in [6, 6.07) is 5.13. The summed E-state index contributed by atoms with van der Waals surface area (Å²) in [4.78, 5) is 14.1. The van der Waals surface area contributed by atoms with Gasteiger partial charge in [0.05, 0.1) is 24.8 Å². The number of amides is 1. The van der Waals surface area contributed by atoms with E-state index in [-0.39, 0.29) is 12.0 Å². The second-order valence-corrected chi connectivity index (χ2v) is 5.22. The molecule has 0 spiro atoms. The van der Waals surface area contributed by atoms with Crippen LogP contribution in [-0.2, 0) is 9.47 Å². The number of nitrogens with zero attached hydrogens (tertiary/aromatic N) is 1. The minimum atomic E-state index is -0.0210. The SMILES string of the molecule is O=C(c1ccc(OCC2CO2)c(Cl)c1)N1CCOCC1. The molecule has 5 nitrogen and oxygen atoms in total. The normalized spacial score (nSPS) is 21.6. The molecule has 3 rings (SSSR count). The van der Waals surface area contributed by atoms with Crippen molar-refractivity contribution in [2.24, 2.45) is 0 Å². The fourth-order valence-electron chi connectivity index (χ4n) is 2.05. The zero-order chi connectivity index (χ0) is 13.9. The standard InChI is InChI=1S/C14H16ClNO4/c15-12-7-10(14(17)16-3-5-18-6-4-16)1-2-13(12)20-9-11-8-19-11/h1-2,7,11H,3-6,8-9H2. The lowest BCUT2D eigenvalue weighted by Gasteiger charge is -2.27. The average molecular weight is 298 g/mol. The number of halogens is 1. The van der Waals surface area contributed by atoms with Crippen LogP contribution >= 0.6 is 11.6 Å². The summed E-state index contributed by atoms with van der Waals surface area (Å²) in [6.07, 6.45) is 0.181. The third-order valence-corrected chi connectivity index (χ3v) is 3.60. The lowest BCUT2D eigenvalue weighted by Crippen LogP contribution is -2.40. The molecule has 1 aromatic carbocycles. The molecule has 1 atom stereocenters. The van der Waals surface area contributed by atoms with Crippen LogP contribution in [0.4, 0.5) is 0 Å². The van der Waals surface area contributed by atoms with Crippen LogP contribution in [0.3, 0.4) is 0 Å². The monoisotopic (exact) mass is 297 g/mol. The third kappa shape index (κ3) is 3.23. The van der Waals surface area contributed by atoms with E-state index in [1.807, 2.05) is 0 Å². The summed E-state index contributed by atoms with van der Waals surface area (Å²) < 4.78 is 15.8. The van der Waals surface area contributed by atoms with Crippen LogP contribution in [0.5, 0.6) is 5.75 Å². The van der Waals surface area contributed by atoms with Gasteiger partial charge in [-0.3, -0.25) is 4.79 Å². The Morgan fingerprint density at radius 3 is 2.80 bits per heavy atom. The predicted molar refractivity (Wildman–Crippen MR) is 73.4 cm³/mol. The highest BCUT2D eigenvalue weighted by Gasteiger charge is 2.24. The van der Waals surface area contributed by atoms with Crippen molar-refractivity contribution >= 4 is 17.5 Å². The van der Waals surface area contributed by atoms with Crippen LogP contribution in [0, 0.1) is 0 Å². The molecule has 1 aromatic rings. The van der Waals surface area contributed by atoms with Gasteiger partial charge in [-0.05, 0) is 18.2 Å². The minimum Gasteiger partial charge on any atom is -0.489 e. The Bertz CT molecular complexity index is 498. The Kier molecular flexibility index (Phi) is 4.10. The van der Waals surface area contributed by atoms with E-state index < -0.39 is 0 Å². The zero-order valence-electron chi connectivity index (χ0n) is 11.0. The van der Waals surface area contributed by atoms with E-state index in [1.54, 1.807) is 23.1 Å². The van der Waals surface area contributed by atoms with Crippen molar-refractivity contribution in [2.75, 3.05) is 39.5 Å². The van der Waals surface area contributed by atoms with E-state index in [1.165, 1.54) is 0 Å². The summed E-state index contributed by atoms with van der Waals surface area (Å²) in [5, 5.41) is 0.449. The maximum absolute atomic E-state index is 12.3. The Hall–Kier alpha value is -1.30. The van der Waals surface area contributed by atoms with Crippen LogP contribution < -0.4 is 4.74 Å². The van der Waals surface area contributed by atoms with Crippen LogP contribution in [0.2, 0.25) is 5.02 Å². The first-order valence-corrected chi connectivity index (χ1v) is 7.03. The highest BCUT2D eigenvalue weighted by atomic mass is 35.5. The zero-order valence-corrected chi connectivity index (χ0v) is 11.8. The average Bonchev–Trinajstić information content (AvgIpc) is 3.30. The van der Waals surface area contributed by atoms with Crippen molar-refractivity contribution in [3.63, 3.8) is 0 Å². The second-order valence-electron chi connectivity index (χ2n) is 4.82. The van der Waals surface area contributed by atoms with Gasteiger partial charge in [-0.25, -0.2) is 0 Å². The lowest BCUT2D eigenvalue weighted by atomic mass is 10.2. The summed E-state index contributed by atoms with van der Waals surface area (Å²) in [7, 11) is 0. The molecular weight excluding hydrogens is 282 g/mol. The molecule has 0 bridgehead atoms. The molecule has 2 fully saturated rings. The first-order chi connectivity index (χ1) is 9.74. The number of morpholine rings is 1. The van der Waals surface area contributed by atoms with Gasteiger partial charge in [-0.15, -0.1) is 0 Å². The molecule has 2 aliphatic rings. The van der Waals surface area contributed by atoms with Crippen LogP contribution in [0.25, 0.3) is 0 Å². The predicted octanol–water partition coefficient (Wildman–Crippen LogP) is 1.59. The maximum atomic E-state index is 12.3. The highest BCUT2D eigenvalue weighted by Crippen LogP contribution is 2.27. The van der Waals surface area contributed by atoms with Gasteiger partial charge in [-0.2, -0.15) is 0 Å². The molecule has 0 N–H and O–H groups in total. The van der Waals surface area contributed by atoms with Gasteiger partial charge in [0.15, 0.2) is 0 Å². The third-order valence-electron chi connectivity index (χ3n) is 3.30. The van der Waals surface area contributed by atoms with Crippen LogP contribution in [0.15, 0.2) is 18.2 Å². The minimum absolute atomic E-state index is 0.0210. The summed E-state index contributed by atoms with van der Waals surface area (Å²) >= 11 is 6.16. The first kappa shape index (κ1) is 13.7. The molecule has 0 saturated carbocycles. The van der Waals surface area contributed by atoms with Crippen molar-refractivity contribution in [1.29, 1.82) is 0 Å². The molecule has 108 valence electrons. The molecule has 2 aliphatic heterocycles. The van der Waals surface area contributed by atoms with Crippen molar-refractivity contribution < 1.29 is 19.0 Å². The van der Waals surface area contributed by atoms with E-state index >= 15 is 0 Å². The molecule has 0 aromatic heterocycles.